The molecule has 2 N–H and O–H groups in total. The molecule has 0 aromatic carbocycles. The smallest absolute Gasteiger partial charge is 0.126 e. The van der Waals surface area contributed by atoms with Crippen LogP contribution in [0, 0.1) is 0 Å². The van der Waals surface area contributed by atoms with Crippen molar-refractivity contribution < 1.29 is 0 Å². The number of thioether (sulfide) groups is 1. The van der Waals surface area contributed by atoms with Crippen molar-refractivity contribution in [2.45, 2.75) is 5.03 Å². The third-order valence-corrected chi connectivity index (χ3v) is 4.30. The van der Waals surface area contributed by atoms with Gasteiger partial charge in [0.05, 0.1) is 11.0 Å². The molecule has 0 radical (unpaired) electrons. The summed E-state index contributed by atoms with van der Waals surface area (Å²) in [5.74, 6) is 0.906. The summed E-state index contributed by atoms with van der Waals surface area (Å²) in [6.07, 6.45) is 2.09. The van der Waals surface area contributed by atoms with Gasteiger partial charge in [-0.25, -0.2) is 4.98 Å². The highest BCUT2D eigenvalue weighted by molar-refractivity contribution is 7.99. The van der Waals surface area contributed by atoms with Crippen molar-refractivity contribution in [3.8, 4) is 0 Å². The topological polar surface area (TPSA) is 43.3 Å². The maximum atomic E-state index is 5.54. The summed E-state index contributed by atoms with van der Waals surface area (Å²) in [5.41, 5.74) is 7.77. The molecule has 3 aromatic rings. The van der Waals surface area contributed by atoms with E-state index in [0.29, 0.717) is 6.54 Å². The van der Waals surface area contributed by atoms with E-state index in [2.05, 4.69) is 39.2 Å². The van der Waals surface area contributed by atoms with Crippen molar-refractivity contribution in [1.29, 1.82) is 0 Å². The van der Waals surface area contributed by atoms with Crippen molar-refractivity contribution in [2.75, 3.05) is 12.3 Å². The molecule has 0 saturated carbocycles. The number of fused-ring (bicyclic) bond motifs is 3. The van der Waals surface area contributed by atoms with E-state index in [1.54, 1.807) is 23.1 Å². The summed E-state index contributed by atoms with van der Waals surface area (Å²) in [6.45, 7) is 0.681. The average molecular weight is 249 g/mol. The van der Waals surface area contributed by atoms with Crippen LogP contribution in [0.3, 0.4) is 0 Å². The first kappa shape index (κ1) is 10.1. The third kappa shape index (κ3) is 1.52. The molecule has 0 spiro atoms. The molecule has 3 nitrogen and oxygen atoms in total. The Morgan fingerprint density at radius 2 is 2.38 bits per heavy atom. The fourth-order valence-corrected chi connectivity index (χ4v) is 3.34. The summed E-state index contributed by atoms with van der Waals surface area (Å²) in [6, 6.07) is 6.22. The summed E-state index contributed by atoms with van der Waals surface area (Å²) in [7, 11) is 0. The number of aromatic nitrogens is 2. The largest absolute Gasteiger partial charge is 0.330 e. The molecule has 0 saturated heterocycles. The predicted octanol–water partition coefficient (Wildman–Crippen LogP) is 2.60. The SMILES string of the molecule is NCCSc1nc2ccsc2n2cccc12. The lowest BCUT2D eigenvalue weighted by Crippen LogP contribution is -2.02. The average Bonchev–Trinajstić information content (AvgIpc) is 2.92. The van der Waals surface area contributed by atoms with Gasteiger partial charge in [0.25, 0.3) is 0 Å². The Kier molecular flexibility index (Phi) is 2.59. The Hall–Kier alpha value is -1.04. The quantitative estimate of drug-likeness (QED) is 0.726. The second kappa shape index (κ2) is 4.08. The van der Waals surface area contributed by atoms with Gasteiger partial charge >= 0.3 is 0 Å². The summed E-state index contributed by atoms with van der Waals surface area (Å²) >= 11 is 3.44. The molecule has 0 aliphatic rings. The van der Waals surface area contributed by atoms with Crippen LogP contribution < -0.4 is 5.73 Å². The van der Waals surface area contributed by atoms with Crippen LogP contribution in [0.1, 0.15) is 0 Å². The van der Waals surface area contributed by atoms with Gasteiger partial charge in [-0.05, 0) is 23.6 Å². The molecule has 0 aliphatic heterocycles. The molecule has 3 aromatic heterocycles. The Bertz CT molecular complexity index is 626. The highest BCUT2D eigenvalue weighted by Gasteiger charge is 2.08. The minimum absolute atomic E-state index is 0.681. The van der Waals surface area contributed by atoms with Gasteiger partial charge in [0.2, 0.25) is 0 Å². The molecule has 16 heavy (non-hydrogen) atoms. The second-order valence-corrected chi connectivity index (χ2v) is 5.41. The first-order valence-electron chi connectivity index (χ1n) is 5.07. The monoisotopic (exact) mass is 249 g/mol. The molecule has 0 unspecified atom stereocenters. The van der Waals surface area contributed by atoms with Gasteiger partial charge in [-0.2, -0.15) is 0 Å². The van der Waals surface area contributed by atoms with Crippen LogP contribution in [-0.2, 0) is 0 Å². The van der Waals surface area contributed by atoms with Crippen molar-refractivity contribution in [3.05, 3.63) is 29.8 Å². The maximum absolute atomic E-state index is 5.54. The van der Waals surface area contributed by atoms with Gasteiger partial charge in [-0.1, -0.05) is 0 Å². The van der Waals surface area contributed by atoms with Crippen LogP contribution in [-0.4, -0.2) is 21.7 Å². The normalized spacial score (nSPS) is 11.6. The van der Waals surface area contributed by atoms with Crippen LogP contribution in [0.15, 0.2) is 34.8 Å². The van der Waals surface area contributed by atoms with Gasteiger partial charge in [0.15, 0.2) is 0 Å². The first-order chi connectivity index (χ1) is 7.90. The Morgan fingerprint density at radius 1 is 1.44 bits per heavy atom. The van der Waals surface area contributed by atoms with Gasteiger partial charge in [0.1, 0.15) is 9.86 Å². The molecule has 0 atom stereocenters. The fourth-order valence-electron chi connectivity index (χ4n) is 1.72. The number of hydrogen-bond acceptors (Lipinski definition) is 4. The third-order valence-electron chi connectivity index (χ3n) is 2.39. The number of thiophene rings is 1. The minimum atomic E-state index is 0.681. The van der Waals surface area contributed by atoms with Crippen molar-refractivity contribution in [2.24, 2.45) is 5.73 Å². The van der Waals surface area contributed by atoms with E-state index in [0.717, 1.165) is 16.3 Å². The van der Waals surface area contributed by atoms with E-state index in [9.17, 15) is 0 Å². The highest BCUT2D eigenvalue weighted by atomic mass is 32.2. The van der Waals surface area contributed by atoms with E-state index >= 15 is 0 Å². The van der Waals surface area contributed by atoms with Crippen LogP contribution >= 0.6 is 23.1 Å². The standard InChI is InChI=1S/C11H11N3S2/c12-4-7-15-10-9-2-1-5-14(9)11-8(13-10)3-6-16-11/h1-3,5-6H,4,7,12H2. The van der Waals surface area contributed by atoms with Gasteiger partial charge < -0.3 is 10.1 Å². The summed E-state index contributed by atoms with van der Waals surface area (Å²) in [5, 5.41) is 3.15. The maximum Gasteiger partial charge on any atom is 0.126 e. The van der Waals surface area contributed by atoms with Crippen LogP contribution in [0.4, 0.5) is 0 Å². The van der Waals surface area contributed by atoms with Crippen LogP contribution in [0.2, 0.25) is 0 Å². The van der Waals surface area contributed by atoms with E-state index in [1.807, 2.05) is 0 Å². The molecule has 0 aliphatic carbocycles. The lowest BCUT2D eigenvalue weighted by Gasteiger charge is -2.04. The lowest BCUT2D eigenvalue weighted by atomic mass is 10.5. The number of nitrogens with two attached hydrogens (primary N) is 1. The molecule has 5 heteroatoms. The zero-order valence-corrected chi connectivity index (χ0v) is 10.2. The van der Waals surface area contributed by atoms with Gasteiger partial charge in [-0.3, -0.25) is 0 Å². The summed E-state index contributed by atoms with van der Waals surface area (Å²) < 4.78 is 2.20. The molecule has 0 amide bonds. The Balaban J connectivity index is 2.26. The predicted molar refractivity (Wildman–Crippen MR) is 70.4 cm³/mol. The molecule has 3 rings (SSSR count). The molecule has 0 bridgehead atoms. The fraction of sp³-hybridized carbons (Fsp3) is 0.182. The molecular formula is C11H11N3S2. The van der Waals surface area contributed by atoms with Crippen LogP contribution in [0.25, 0.3) is 15.9 Å². The first-order valence-corrected chi connectivity index (χ1v) is 6.94. The molecule has 3 heterocycles. The zero-order chi connectivity index (χ0) is 11.0. The second-order valence-electron chi connectivity index (χ2n) is 3.43. The Labute approximate surface area is 101 Å². The van der Waals surface area contributed by atoms with Gasteiger partial charge in [0, 0.05) is 18.5 Å². The highest BCUT2D eigenvalue weighted by Crippen LogP contribution is 2.28. The van der Waals surface area contributed by atoms with Crippen LogP contribution in [0.5, 0.6) is 0 Å². The molecule has 82 valence electrons. The molecular weight excluding hydrogens is 238 g/mol. The zero-order valence-electron chi connectivity index (χ0n) is 8.59. The lowest BCUT2D eigenvalue weighted by molar-refractivity contribution is 1.11. The van der Waals surface area contributed by atoms with E-state index < -0.39 is 0 Å². The van der Waals surface area contributed by atoms with E-state index in [1.165, 1.54) is 10.3 Å². The van der Waals surface area contributed by atoms with Crippen molar-refractivity contribution >= 4 is 39.0 Å². The van der Waals surface area contributed by atoms with Gasteiger partial charge in [-0.15, -0.1) is 23.1 Å². The summed E-state index contributed by atoms with van der Waals surface area (Å²) in [4.78, 5) is 5.88. The number of rotatable bonds is 3. The number of nitrogens with zero attached hydrogens (tertiary/aromatic N) is 2. The Morgan fingerprint density at radius 3 is 3.25 bits per heavy atom. The van der Waals surface area contributed by atoms with E-state index in [4.69, 9.17) is 5.73 Å². The van der Waals surface area contributed by atoms with E-state index in [-0.39, 0.29) is 0 Å². The van der Waals surface area contributed by atoms with Crippen molar-refractivity contribution in [3.63, 3.8) is 0 Å². The van der Waals surface area contributed by atoms with Crippen molar-refractivity contribution in [1.82, 2.24) is 9.38 Å². The minimum Gasteiger partial charge on any atom is -0.330 e. The molecule has 0 fully saturated rings. The number of hydrogen-bond donors (Lipinski definition) is 1.